The van der Waals surface area contributed by atoms with Gasteiger partial charge in [0, 0.05) is 13.5 Å². The molecule has 0 saturated heterocycles. The van der Waals surface area contributed by atoms with Gasteiger partial charge in [0.15, 0.2) is 6.04 Å². The summed E-state index contributed by atoms with van der Waals surface area (Å²) in [7, 11) is 1.39. The molecule has 0 aliphatic heterocycles. The highest BCUT2D eigenvalue weighted by atomic mass is 16.5. The lowest BCUT2D eigenvalue weighted by Gasteiger charge is -2.13. The van der Waals surface area contributed by atoms with E-state index in [9.17, 15) is 9.59 Å². The van der Waals surface area contributed by atoms with Crippen molar-refractivity contribution in [1.82, 2.24) is 5.32 Å². The molecular formula is C10H20N2O4. The minimum absolute atomic E-state index is 0.0239. The number of methoxy groups -OCH3 is 1. The average Bonchev–Trinajstić information content (AvgIpc) is 2.23. The van der Waals surface area contributed by atoms with E-state index in [0.29, 0.717) is 13.0 Å². The molecule has 0 aromatic rings. The van der Waals surface area contributed by atoms with Crippen LogP contribution in [0.4, 0.5) is 0 Å². The van der Waals surface area contributed by atoms with Crippen LogP contribution >= 0.6 is 0 Å². The van der Waals surface area contributed by atoms with Crippen molar-refractivity contribution in [2.24, 2.45) is 5.73 Å². The molecule has 1 amide bonds. The lowest BCUT2D eigenvalue weighted by atomic mass is 10.2. The number of unbranched alkanes of at least 4 members (excludes halogenated alkanes) is 2. The van der Waals surface area contributed by atoms with E-state index in [1.54, 1.807) is 0 Å². The second-order valence-electron chi connectivity index (χ2n) is 3.51. The summed E-state index contributed by atoms with van der Waals surface area (Å²) in [5.41, 5.74) is 5.31. The molecule has 0 aliphatic carbocycles. The number of hydrogen-bond acceptors (Lipinski definition) is 4. The van der Waals surface area contributed by atoms with Crippen molar-refractivity contribution < 1.29 is 19.4 Å². The van der Waals surface area contributed by atoms with E-state index in [4.69, 9.17) is 15.6 Å². The van der Waals surface area contributed by atoms with Gasteiger partial charge in [-0.2, -0.15) is 0 Å². The summed E-state index contributed by atoms with van der Waals surface area (Å²) >= 11 is 0. The molecule has 1 unspecified atom stereocenters. The number of hydrogen-bond donors (Lipinski definition) is 3. The van der Waals surface area contributed by atoms with Crippen LogP contribution in [0, 0.1) is 0 Å². The van der Waals surface area contributed by atoms with Crippen molar-refractivity contribution in [3.8, 4) is 0 Å². The quantitative estimate of drug-likeness (QED) is 0.475. The Bertz CT molecular complexity index is 221. The van der Waals surface area contributed by atoms with Crippen molar-refractivity contribution in [2.75, 3.05) is 20.3 Å². The standard InChI is InChI=1S/C10H20N2O4/c1-16-7-8(10(14)15)12-9(13)5-3-2-4-6-11/h8H,2-7,11H2,1H3,(H,12,13)(H,14,15). The first-order valence-corrected chi connectivity index (χ1v) is 5.33. The van der Waals surface area contributed by atoms with Gasteiger partial charge in [-0.25, -0.2) is 4.79 Å². The van der Waals surface area contributed by atoms with E-state index in [-0.39, 0.29) is 12.5 Å². The molecule has 4 N–H and O–H groups in total. The molecule has 6 heteroatoms. The van der Waals surface area contributed by atoms with E-state index in [1.807, 2.05) is 0 Å². The van der Waals surface area contributed by atoms with Crippen LogP contribution in [0.2, 0.25) is 0 Å². The number of carbonyl (C=O) groups is 2. The second-order valence-corrected chi connectivity index (χ2v) is 3.51. The molecule has 0 radical (unpaired) electrons. The molecule has 0 bridgehead atoms. The lowest BCUT2D eigenvalue weighted by molar-refractivity contribution is -0.143. The van der Waals surface area contributed by atoms with Crippen LogP contribution in [-0.4, -0.2) is 43.3 Å². The first kappa shape index (κ1) is 14.9. The largest absolute Gasteiger partial charge is 0.480 e. The Hall–Kier alpha value is -1.14. The zero-order chi connectivity index (χ0) is 12.4. The Balaban J connectivity index is 3.77. The Labute approximate surface area is 95.1 Å². The second kappa shape index (κ2) is 9.11. The predicted molar refractivity (Wildman–Crippen MR) is 59.0 cm³/mol. The lowest BCUT2D eigenvalue weighted by Crippen LogP contribution is -2.43. The van der Waals surface area contributed by atoms with Crippen LogP contribution < -0.4 is 11.1 Å². The van der Waals surface area contributed by atoms with Crippen LogP contribution in [0.3, 0.4) is 0 Å². The molecule has 0 aliphatic rings. The van der Waals surface area contributed by atoms with Gasteiger partial charge in [0.1, 0.15) is 0 Å². The fourth-order valence-corrected chi connectivity index (χ4v) is 1.21. The normalized spacial score (nSPS) is 12.1. The number of ether oxygens (including phenoxy) is 1. The monoisotopic (exact) mass is 232 g/mol. The van der Waals surface area contributed by atoms with Gasteiger partial charge in [0.2, 0.25) is 5.91 Å². The SMILES string of the molecule is COCC(NC(=O)CCCCCN)C(=O)O. The summed E-state index contributed by atoms with van der Waals surface area (Å²) in [4.78, 5) is 22.0. The zero-order valence-electron chi connectivity index (χ0n) is 9.57. The van der Waals surface area contributed by atoms with Gasteiger partial charge in [-0.05, 0) is 19.4 Å². The van der Waals surface area contributed by atoms with Crippen LogP contribution in [-0.2, 0) is 14.3 Å². The summed E-state index contributed by atoms with van der Waals surface area (Å²) in [6.07, 6.45) is 2.81. The Morgan fingerprint density at radius 1 is 1.38 bits per heavy atom. The predicted octanol–water partition coefficient (Wildman–Crippen LogP) is -0.279. The van der Waals surface area contributed by atoms with E-state index < -0.39 is 12.0 Å². The van der Waals surface area contributed by atoms with Crippen LogP contribution in [0.15, 0.2) is 0 Å². The van der Waals surface area contributed by atoms with Crippen LogP contribution in [0.25, 0.3) is 0 Å². The Kier molecular flexibility index (Phi) is 8.46. The Morgan fingerprint density at radius 2 is 2.06 bits per heavy atom. The molecule has 0 heterocycles. The summed E-state index contributed by atoms with van der Waals surface area (Å²) in [6.45, 7) is 0.590. The third-order valence-corrected chi connectivity index (χ3v) is 2.07. The molecule has 1 atom stereocenters. The van der Waals surface area contributed by atoms with E-state index >= 15 is 0 Å². The van der Waals surface area contributed by atoms with Gasteiger partial charge in [-0.1, -0.05) is 6.42 Å². The fraction of sp³-hybridized carbons (Fsp3) is 0.800. The maximum atomic E-state index is 11.3. The highest BCUT2D eigenvalue weighted by molar-refractivity contribution is 5.83. The third-order valence-electron chi connectivity index (χ3n) is 2.07. The number of carbonyl (C=O) groups excluding carboxylic acids is 1. The maximum Gasteiger partial charge on any atom is 0.328 e. The van der Waals surface area contributed by atoms with Gasteiger partial charge in [0.25, 0.3) is 0 Å². The number of carboxylic acids is 1. The molecule has 16 heavy (non-hydrogen) atoms. The number of nitrogens with one attached hydrogen (secondary N) is 1. The molecule has 0 aromatic heterocycles. The topological polar surface area (TPSA) is 102 Å². The van der Waals surface area contributed by atoms with Crippen molar-refractivity contribution in [1.29, 1.82) is 0 Å². The Morgan fingerprint density at radius 3 is 2.56 bits per heavy atom. The molecule has 0 spiro atoms. The molecule has 0 aromatic carbocycles. The summed E-state index contributed by atoms with van der Waals surface area (Å²) < 4.78 is 4.70. The molecule has 6 nitrogen and oxygen atoms in total. The highest BCUT2D eigenvalue weighted by Crippen LogP contribution is 1.99. The van der Waals surface area contributed by atoms with Gasteiger partial charge in [-0.3, -0.25) is 4.79 Å². The van der Waals surface area contributed by atoms with Gasteiger partial charge in [-0.15, -0.1) is 0 Å². The summed E-state index contributed by atoms with van der Waals surface area (Å²) in [5.74, 6) is -1.35. The zero-order valence-corrected chi connectivity index (χ0v) is 9.57. The summed E-state index contributed by atoms with van der Waals surface area (Å²) in [5, 5.41) is 11.2. The van der Waals surface area contributed by atoms with Crippen molar-refractivity contribution in [2.45, 2.75) is 31.7 Å². The fourth-order valence-electron chi connectivity index (χ4n) is 1.21. The van der Waals surface area contributed by atoms with Gasteiger partial charge < -0.3 is 20.9 Å². The number of aliphatic carboxylic acids is 1. The maximum absolute atomic E-state index is 11.3. The molecule has 94 valence electrons. The molecule has 0 saturated carbocycles. The minimum Gasteiger partial charge on any atom is -0.480 e. The number of rotatable bonds is 9. The van der Waals surface area contributed by atoms with Crippen molar-refractivity contribution >= 4 is 11.9 Å². The molecular weight excluding hydrogens is 212 g/mol. The third kappa shape index (κ3) is 7.19. The van der Waals surface area contributed by atoms with Gasteiger partial charge >= 0.3 is 5.97 Å². The highest BCUT2D eigenvalue weighted by Gasteiger charge is 2.18. The van der Waals surface area contributed by atoms with Gasteiger partial charge in [0.05, 0.1) is 6.61 Å². The van der Waals surface area contributed by atoms with E-state index in [1.165, 1.54) is 7.11 Å². The number of carboxylic acid groups (broad SMARTS) is 1. The number of nitrogens with two attached hydrogens (primary N) is 1. The minimum atomic E-state index is -1.09. The summed E-state index contributed by atoms with van der Waals surface area (Å²) in [6, 6.07) is -0.966. The van der Waals surface area contributed by atoms with Crippen LogP contribution in [0.1, 0.15) is 25.7 Å². The van der Waals surface area contributed by atoms with Crippen molar-refractivity contribution in [3.05, 3.63) is 0 Å². The molecule has 0 fully saturated rings. The van der Waals surface area contributed by atoms with E-state index in [0.717, 1.165) is 19.3 Å². The molecule has 0 rings (SSSR count). The van der Waals surface area contributed by atoms with E-state index in [2.05, 4.69) is 5.32 Å². The van der Waals surface area contributed by atoms with Crippen molar-refractivity contribution in [3.63, 3.8) is 0 Å². The smallest absolute Gasteiger partial charge is 0.328 e. The average molecular weight is 232 g/mol. The van der Waals surface area contributed by atoms with Crippen LogP contribution in [0.5, 0.6) is 0 Å². The first-order valence-electron chi connectivity index (χ1n) is 5.33. The number of amides is 1. The first-order chi connectivity index (χ1) is 7.61.